The molecule has 0 aliphatic heterocycles. The molecule has 1 N–H and O–H groups in total. The summed E-state index contributed by atoms with van der Waals surface area (Å²) in [7, 11) is 0. The number of H-pyrrole nitrogens is 1. The molecule has 0 aliphatic rings. The van der Waals surface area contributed by atoms with Gasteiger partial charge in [0.05, 0.1) is 16.6 Å². The second-order valence-electron chi connectivity index (χ2n) is 4.56. The molecule has 3 aromatic rings. The van der Waals surface area contributed by atoms with Gasteiger partial charge in [-0.1, -0.05) is 37.3 Å². The highest BCUT2D eigenvalue weighted by atomic mass is 32.2. The summed E-state index contributed by atoms with van der Waals surface area (Å²) in [4.78, 5) is 12.5. The third-order valence-corrected chi connectivity index (χ3v) is 4.21. The number of hydrogen-bond donors (Lipinski definition) is 1. The van der Waals surface area contributed by atoms with E-state index in [4.69, 9.17) is 0 Å². The number of fused-ring (bicyclic) bond motifs is 1. The molecule has 2 aromatic carbocycles. The number of benzene rings is 2. The number of para-hydroxylation sites is 2. The molecule has 102 valence electrons. The van der Waals surface area contributed by atoms with Crippen LogP contribution in [0.5, 0.6) is 0 Å². The van der Waals surface area contributed by atoms with Crippen LogP contribution in [-0.4, -0.2) is 15.5 Å². The number of rotatable bonds is 4. The Morgan fingerprint density at radius 1 is 1.10 bits per heavy atom. The Kier molecular flexibility index (Phi) is 3.65. The molecule has 0 bridgehead atoms. The molecule has 3 rings (SSSR count). The van der Waals surface area contributed by atoms with Crippen LogP contribution in [0.3, 0.4) is 0 Å². The monoisotopic (exact) mass is 284 g/mol. The van der Waals surface area contributed by atoms with Gasteiger partial charge in [0.25, 0.3) is 5.56 Å². The van der Waals surface area contributed by atoms with Gasteiger partial charge in [-0.3, -0.25) is 9.89 Å². The number of nitrogens with zero attached hydrogens (tertiary/aromatic N) is 1. The Morgan fingerprint density at radius 2 is 1.85 bits per heavy atom. The summed E-state index contributed by atoms with van der Waals surface area (Å²) in [6.45, 7) is 2.14. The maximum absolute atomic E-state index is 12.5. The van der Waals surface area contributed by atoms with Crippen molar-refractivity contribution >= 4 is 22.7 Å². The van der Waals surface area contributed by atoms with Crippen LogP contribution in [0.25, 0.3) is 16.6 Å². The van der Waals surface area contributed by atoms with Crippen LogP contribution in [0.1, 0.15) is 12.5 Å². The quantitative estimate of drug-likeness (QED) is 0.795. The van der Waals surface area contributed by atoms with Gasteiger partial charge in [-0.25, -0.2) is 4.68 Å². The Bertz CT molecular complexity index is 788. The summed E-state index contributed by atoms with van der Waals surface area (Å²) in [5, 5.41) is 3.92. The summed E-state index contributed by atoms with van der Waals surface area (Å²) in [5.74, 6) is 1.98. The highest BCUT2D eigenvalue weighted by molar-refractivity contribution is 7.98. The van der Waals surface area contributed by atoms with Gasteiger partial charge in [0, 0.05) is 5.75 Å². The summed E-state index contributed by atoms with van der Waals surface area (Å²) in [6.07, 6.45) is 0. The lowest BCUT2D eigenvalue weighted by Gasteiger charge is -2.08. The molecule has 0 saturated heterocycles. The Hall–Kier alpha value is -1.94. The van der Waals surface area contributed by atoms with Crippen LogP contribution < -0.4 is 5.56 Å². The van der Waals surface area contributed by atoms with Crippen molar-refractivity contribution in [3.05, 3.63) is 64.4 Å². The average Bonchev–Trinajstić information content (AvgIpc) is 2.83. The van der Waals surface area contributed by atoms with E-state index >= 15 is 0 Å². The van der Waals surface area contributed by atoms with Crippen LogP contribution in [0.2, 0.25) is 0 Å². The first-order valence-electron chi connectivity index (χ1n) is 6.67. The SMILES string of the molecule is CCSCc1ccccc1-n1[nH]c2ccccc2c1=O. The molecule has 0 aliphatic carbocycles. The maximum atomic E-state index is 12.5. The lowest BCUT2D eigenvalue weighted by Crippen LogP contribution is -2.15. The number of aromatic nitrogens is 2. The van der Waals surface area contributed by atoms with Crippen molar-refractivity contribution in [2.45, 2.75) is 12.7 Å². The first kappa shape index (κ1) is 13.1. The molecule has 0 unspecified atom stereocenters. The third kappa shape index (κ3) is 2.27. The molecule has 4 heteroatoms. The van der Waals surface area contributed by atoms with Crippen molar-refractivity contribution in [3.63, 3.8) is 0 Å². The molecule has 1 heterocycles. The summed E-state index contributed by atoms with van der Waals surface area (Å²) in [5.41, 5.74) is 2.99. The Labute approximate surface area is 121 Å². The Morgan fingerprint density at radius 3 is 2.65 bits per heavy atom. The number of thioether (sulfide) groups is 1. The van der Waals surface area contributed by atoms with Gasteiger partial charge in [-0.2, -0.15) is 11.8 Å². The van der Waals surface area contributed by atoms with E-state index in [0.717, 1.165) is 28.1 Å². The topological polar surface area (TPSA) is 37.8 Å². The van der Waals surface area contributed by atoms with Gasteiger partial charge in [-0.15, -0.1) is 0 Å². The second-order valence-corrected chi connectivity index (χ2v) is 5.84. The Balaban J connectivity index is 2.16. The van der Waals surface area contributed by atoms with Crippen molar-refractivity contribution in [1.82, 2.24) is 9.78 Å². The zero-order valence-corrected chi connectivity index (χ0v) is 12.1. The lowest BCUT2D eigenvalue weighted by atomic mass is 10.2. The van der Waals surface area contributed by atoms with Gasteiger partial charge >= 0.3 is 0 Å². The molecular formula is C16H16N2OS. The van der Waals surface area contributed by atoms with Gasteiger partial charge in [0.1, 0.15) is 0 Å². The third-order valence-electron chi connectivity index (χ3n) is 3.29. The van der Waals surface area contributed by atoms with E-state index in [0.29, 0.717) is 0 Å². The van der Waals surface area contributed by atoms with E-state index in [1.54, 1.807) is 4.68 Å². The standard InChI is InChI=1S/C16H16N2OS/c1-2-20-11-12-7-3-6-10-15(12)18-16(19)13-8-4-5-9-14(13)17-18/h3-10,17H,2,11H2,1H3. The van der Waals surface area contributed by atoms with Crippen LogP contribution in [0.4, 0.5) is 0 Å². The van der Waals surface area contributed by atoms with Gasteiger partial charge in [-0.05, 0) is 29.5 Å². The highest BCUT2D eigenvalue weighted by Gasteiger charge is 2.10. The molecule has 0 radical (unpaired) electrons. The van der Waals surface area contributed by atoms with Crippen molar-refractivity contribution in [3.8, 4) is 5.69 Å². The fourth-order valence-corrected chi connectivity index (χ4v) is 2.96. The van der Waals surface area contributed by atoms with Gasteiger partial charge in [0.15, 0.2) is 0 Å². The molecule has 0 saturated carbocycles. The van der Waals surface area contributed by atoms with Crippen molar-refractivity contribution in [2.75, 3.05) is 5.75 Å². The molecule has 20 heavy (non-hydrogen) atoms. The van der Waals surface area contributed by atoms with Crippen LogP contribution >= 0.6 is 11.8 Å². The fourth-order valence-electron chi connectivity index (χ4n) is 2.29. The van der Waals surface area contributed by atoms with E-state index in [-0.39, 0.29) is 5.56 Å². The normalized spacial score (nSPS) is 11.1. The minimum absolute atomic E-state index is 0.00884. The lowest BCUT2D eigenvalue weighted by molar-refractivity contribution is 0.855. The largest absolute Gasteiger partial charge is 0.290 e. The highest BCUT2D eigenvalue weighted by Crippen LogP contribution is 2.19. The maximum Gasteiger partial charge on any atom is 0.279 e. The van der Waals surface area contributed by atoms with E-state index in [9.17, 15) is 4.79 Å². The first-order chi connectivity index (χ1) is 9.81. The molecule has 3 nitrogen and oxygen atoms in total. The molecule has 1 aromatic heterocycles. The summed E-state index contributed by atoms with van der Waals surface area (Å²) in [6, 6.07) is 15.7. The number of hydrogen-bond acceptors (Lipinski definition) is 2. The molecule has 0 fully saturated rings. The zero-order valence-electron chi connectivity index (χ0n) is 11.3. The molecule has 0 amide bonds. The molecule has 0 atom stereocenters. The first-order valence-corrected chi connectivity index (χ1v) is 7.82. The predicted molar refractivity (Wildman–Crippen MR) is 85.7 cm³/mol. The predicted octanol–water partition coefficient (Wildman–Crippen LogP) is 3.57. The van der Waals surface area contributed by atoms with Crippen molar-refractivity contribution in [1.29, 1.82) is 0 Å². The van der Waals surface area contributed by atoms with Crippen molar-refractivity contribution in [2.24, 2.45) is 0 Å². The molecular weight excluding hydrogens is 268 g/mol. The minimum atomic E-state index is 0.00884. The minimum Gasteiger partial charge on any atom is -0.290 e. The number of aromatic amines is 1. The van der Waals surface area contributed by atoms with Gasteiger partial charge in [0.2, 0.25) is 0 Å². The summed E-state index contributed by atoms with van der Waals surface area (Å²) >= 11 is 1.85. The zero-order chi connectivity index (χ0) is 13.9. The smallest absolute Gasteiger partial charge is 0.279 e. The van der Waals surface area contributed by atoms with Crippen LogP contribution in [0, 0.1) is 0 Å². The van der Waals surface area contributed by atoms with Crippen LogP contribution in [0.15, 0.2) is 53.3 Å². The molecule has 0 spiro atoms. The van der Waals surface area contributed by atoms with E-state index in [1.807, 2.05) is 54.2 Å². The second kappa shape index (κ2) is 5.59. The average molecular weight is 284 g/mol. The van der Waals surface area contributed by atoms with Crippen molar-refractivity contribution < 1.29 is 0 Å². The van der Waals surface area contributed by atoms with E-state index < -0.39 is 0 Å². The van der Waals surface area contributed by atoms with Gasteiger partial charge < -0.3 is 0 Å². The fraction of sp³-hybridized carbons (Fsp3) is 0.188. The van der Waals surface area contributed by atoms with E-state index in [1.165, 1.54) is 5.56 Å². The summed E-state index contributed by atoms with van der Waals surface area (Å²) < 4.78 is 1.65. The van der Waals surface area contributed by atoms with Crippen LogP contribution in [-0.2, 0) is 5.75 Å². The van der Waals surface area contributed by atoms with E-state index in [2.05, 4.69) is 18.1 Å². The number of nitrogens with one attached hydrogen (secondary N) is 1.